The first-order chi connectivity index (χ1) is 9.93. The number of nitrogens with zero attached hydrogens (tertiary/aromatic N) is 4. The van der Waals surface area contributed by atoms with Gasteiger partial charge in [-0.25, -0.2) is 14.4 Å². The highest BCUT2D eigenvalue weighted by atomic mass is 19.1. The van der Waals surface area contributed by atoms with Gasteiger partial charge in [-0.2, -0.15) is 0 Å². The molecule has 0 bridgehead atoms. The summed E-state index contributed by atoms with van der Waals surface area (Å²) in [5, 5.41) is 0.629. The molecule has 0 fully saturated rings. The van der Waals surface area contributed by atoms with Crippen LogP contribution >= 0.6 is 0 Å². The maximum atomic E-state index is 13.7. The molecule has 1 aromatic carbocycles. The average molecular weight is 292 g/mol. The zero-order valence-corrected chi connectivity index (χ0v) is 12.4. The number of carbonyl (C=O) groups is 1. The van der Waals surface area contributed by atoms with E-state index in [0.717, 1.165) is 0 Å². The molecule has 0 aliphatic carbocycles. The number of amides is 1. The fourth-order valence-electron chi connectivity index (χ4n) is 1.92. The van der Waals surface area contributed by atoms with E-state index >= 15 is 0 Å². The van der Waals surface area contributed by atoms with Crippen molar-refractivity contribution in [2.45, 2.75) is 0 Å². The van der Waals surface area contributed by atoms with Crippen LogP contribution < -0.4 is 9.64 Å². The number of methoxy groups -OCH3 is 1. The summed E-state index contributed by atoms with van der Waals surface area (Å²) in [6, 6.07) is 2.83. The molecule has 0 unspecified atom stereocenters. The lowest BCUT2D eigenvalue weighted by Crippen LogP contribution is -2.34. The molecule has 21 heavy (non-hydrogen) atoms. The number of aromatic nitrogens is 2. The number of rotatable bonds is 4. The van der Waals surface area contributed by atoms with E-state index < -0.39 is 5.82 Å². The van der Waals surface area contributed by atoms with Crippen molar-refractivity contribution >= 4 is 22.6 Å². The van der Waals surface area contributed by atoms with Crippen LogP contribution in [0, 0.1) is 5.82 Å². The van der Waals surface area contributed by atoms with Gasteiger partial charge in [0.15, 0.2) is 11.6 Å². The van der Waals surface area contributed by atoms with Crippen molar-refractivity contribution in [3.05, 3.63) is 24.3 Å². The molecule has 0 aliphatic heterocycles. The summed E-state index contributed by atoms with van der Waals surface area (Å²) >= 11 is 0. The number of halogens is 1. The first kappa shape index (κ1) is 15.0. The van der Waals surface area contributed by atoms with Gasteiger partial charge in [0.2, 0.25) is 5.91 Å². The molecule has 0 atom stereocenters. The molecule has 6 nitrogen and oxygen atoms in total. The summed E-state index contributed by atoms with van der Waals surface area (Å²) < 4.78 is 18.7. The molecule has 1 aromatic heterocycles. The van der Waals surface area contributed by atoms with Crippen LogP contribution in [-0.2, 0) is 4.79 Å². The SMILES string of the molecule is COc1cc2c(N(C)CC(=O)N(C)C)ncnc2cc1F. The van der Waals surface area contributed by atoms with Gasteiger partial charge in [0.1, 0.15) is 12.1 Å². The first-order valence-electron chi connectivity index (χ1n) is 6.33. The van der Waals surface area contributed by atoms with E-state index in [1.807, 2.05) is 0 Å². The summed E-state index contributed by atoms with van der Waals surface area (Å²) in [5.74, 6) is 0.124. The van der Waals surface area contributed by atoms with Crippen LogP contribution in [0.3, 0.4) is 0 Å². The van der Waals surface area contributed by atoms with E-state index in [1.54, 1.807) is 26.0 Å². The fourth-order valence-corrected chi connectivity index (χ4v) is 1.92. The lowest BCUT2D eigenvalue weighted by atomic mass is 10.2. The minimum absolute atomic E-state index is 0.0571. The zero-order chi connectivity index (χ0) is 15.6. The van der Waals surface area contributed by atoms with Gasteiger partial charge < -0.3 is 14.5 Å². The Morgan fingerprint density at radius 1 is 1.29 bits per heavy atom. The molecule has 0 saturated carbocycles. The Bertz CT molecular complexity index is 675. The lowest BCUT2D eigenvalue weighted by molar-refractivity contribution is -0.127. The second-order valence-electron chi connectivity index (χ2n) is 4.85. The van der Waals surface area contributed by atoms with Crippen molar-refractivity contribution in [3.8, 4) is 5.75 Å². The van der Waals surface area contributed by atoms with E-state index in [9.17, 15) is 9.18 Å². The van der Waals surface area contributed by atoms with Gasteiger partial charge >= 0.3 is 0 Å². The molecule has 0 saturated heterocycles. The number of fused-ring (bicyclic) bond motifs is 1. The standard InChI is InChI=1S/C14H17FN4O2/c1-18(2)13(20)7-19(3)14-9-5-12(21-4)10(15)6-11(9)16-8-17-14/h5-6,8H,7H2,1-4H3. The van der Waals surface area contributed by atoms with Crippen LogP contribution in [0.15, 0.2) is 18.5 Å². The summed E-state index contributed by atoms with van der Waals surface area (Å²) in [6.45, 7) is 0.165. The maximum absolute atomic E-state index is 13.7. The monoisotopic (exact) mass is 292 g/mol. The van der Waals surface area contributed by atoms with E-state index in [1.165, 1.54) is 30.5 Å². The van der Waals surface area contributed by atoms with E-state index in [-0.39, 0.29) is 18.2 Å². The average Bonchev–Trinajstić information content (AvgIpc) is 2.45. The molecule has 0 radical (unpaired) electrons. The number of carbonyl (C=O) groups excluding carboxylic acids is 1. The van der Waals surface area contributed by atoms with E-state index in [0.29, 0.717) is 16.7 Å². The van der Waals surface area contributed by atoms with Crippen molar-refractivity contribution in [1.82, 2.24) is 14.9 Å². The minimum atomic E-state index is -0.485. The van der Waals surface area contributed by atoms with Crippen LogP contribution in [0.5, 0.6) is 5.75 Å². The number of benzene rings is 1. The van der Waals surface area contributed by atoms with Crippen LogP contribution in [0.2, 0.25) is 0 Å². The molecule has 2 rings (SSSR count). The van der Waals surface area contributed by atoms with Crippen LogP contribution in [0.1, 0.15) is 0 Å². The molecule has 112 valence electrons. The third-order valence-electron chi connectivity index (χ3n) is 3.12. The quantitative estimate of drug-likeness (QED) is 0.850. The number of hydrogen-bond acceptors (Lipinski definition) is 5. The summed E-state index contributed by atoms with van der Waals surface area (Å²) in [5.41, 5.74) is 0.461. The number of likely N-dealkylation sites (N-methyl/N-ethyl adjacent to an activating group) is 2. The number of ether oxygens (including phenoxy) is 1. The van der Waals surface area contributed by atoms with Gasteiger partial charge in [-0.05, 0) is 6.07 Å². The topological polar surface area (TPSA) is 58.6 Å². The van der Waals surface area contributed by atoms with Crippen molar-refractivity contribution in [1.29, 1.82) is 0 Å². The highest BCUT2D eigenvalue weighted by Crippen LogP contribution is 2.28. The van der Waals surface area contributed by atoms with Crippen LogP contribution in [0.4, 0.5) is 10.2 Å². The molecule has 0 aliphatic rings. The normalized spacial score (nSPS) is 10.5. The number of anilines is 1. The summed E-state index contributed by atoms with van der Waals surface area (Å²) in [4.78, 5) is 23.2. The van der Waals surface area contributed by atoms with E-state index in [2.05, 4.69) is 9.97 Å². The van der Waals surface area contributed by atoms with Crippen molar-refractivity contribution in [3.63, 3.8) is 0 Å². The molecule has 2 aromatic rings. The van der Waals surface area contributed by atoms with Crippen molar-refractivity contribution < 1.29 is 13.9 Å². The van der Waals surface area contributed by atoms with Crippen LogP contribution in [-0.4, -0.2) is 55.6 Å². The van der Waals surface area contributed by atoms with E-state index in [4.69, 9.17) is 4.74 Å². The Hall–Kier alpha value is -2.44. The maximum Gasteiger partial charge on any atom is 0.241 e. The zero-order valence-electron chi connectivity index (χ0n) is 12.4. The second-order valence-corrected chi connectivity index (χ2v) is 4.85. The molecular formula is C14H17FN4O2. The summed E-state index contributed by atoms with van der Waals surface area (Å²) in [6.07, 6.45) is 1.35. The first-order valence-corrected chi connectivity index (χ1v) is 6.33. The van der Waals surface area contributed by atoms with Gasteiger partial charge in [0.05, 0.1) is 19.2 Å². The predicted octanol–water partition coefficient (Wildman–Crippen LogP) is 1.30. The minimum Gasteiger partial charge on any atom is -0.494 e. The smallest absolute Gasteiger partial charge is 0.241 e. The molecule has 0 N–H and O–H groups in total. The van der Waals surface area contributed by atoms with Gasteiger partial charge in [0.25, 0.3) is 0 Å². The third kappa shape index (κ3) is 3.01. The molecule has 7 heteroatoms. The predicted molar refractivity (Wildman–Crippen MR) is 78.0 cm³/mol. The highest BCUT2D eigenvalue weighted by molar-refractivity contribution is 5.92. The Morgan fingerprint density at radius 2 is 2.00 bits per heavy atom. The van der Waals surface area contributed by atoms with Gasteiger partial charge in [0, 0.05) is 32.6 Å². The molecule has 1 heterocycles. The van der Waals surface area contributed by atoms with Crippen molar-refractivity contribution in [2.24, 2.45) is 0 Å². The summed E-state index contributed by atoms with van der Waals surface area (Å²) in [7, 11) is 6.52. The third-order valence-corrected chi connectivity index (χ3v) is 3.12. The van der Waals surface area contributed by atoms with Gasteiger partial charge in [-0.15, -0.1) is 0 Å². The largest absolute Gasteiger partial charge is 0.494 e. The Morgan fingerprint density at radius 3 is 2.62 bits per heavy atom. The Balaban J connectivity index is 2.46. The van der Waals surface area contributed by atoms with Crippen molar-refractivity contribution in [2.75, 3.05) is 39.7 Å². The molecule has 1 amide bonds. The van der Waals surface area contributed by atoms with Gasteiger partial charge in [-0.3, -0.25) is 4.79 Å². The number of hydrogen-bond donors (Lipinski definition) is 0. The lowest BCUT2D eigenvalue weighted by Gasteiger charge is -2.21. The molecule has 0 spiro atoms. The Labute approximate surface area is 122 Å². The van der Waals surface area contributed by atoms with Gasteiger partial charge in [-0.1, -0.05) is 0 Å². The fraction of sp³-hybridized carbons (Fsp3) is 0.357. The Kier molecular flexibility index (Phi) is 4.21. The molecular weight excluding hydrogens is 275 g/mol. The van der Waals surface area contributed by atoms with Crippen LogP contribution in [0.25, 0.3) is 10.9 Å². The highest BCUT2D eigenvalue weighted by Gasteiger charge is 2.15. The second kappa shape index (κ2) is 5.90.